The van der Waals surface area contributed by atoms with Crippen molar-refractivity contribution < 1.29 is 4.74 Å². The molecule has 1 aromatic rings. The second-order valence-electron chi connectivity index (χ2n) is 5.30. The lowest BCUT2D eigenvalue weighted by Gasteiger charge is -2.33. The molecule has 2 N–H and O–H groups in total. The molecule has 2 unspecified atom stereocenters. The average molecular weight is 302 g/mol. The molecule has 0 saturated heterocycles. The van der Waals surface area contributed by atoms with Crippen LogP contribution in [-0.2, 0) is 4.74 Å². The molecule has 0 amide bonds. The van der Waals surface area contributed by atoms with Crippen LogP contribution < -0.4 is 5.73 Å². The summed E-state index contributed by atoms with van der Waals surface area (Å²) in [7, 11) is 1.75. The average Bonchev–Trinajstić information content (AvgIpc) is 2.44. The van der Waals surface area contributed by atoms with Gasteiger partial charge in [0.1, 0.15) is 0 Å². The van der Waals surface area contributed by atoms with Crippen molar-refractivity contribution in [1.82, 2.24) is 0 Å². The Morgan fingerprint density at radius 3 is 2.42 bits per heavy atom. The van der Waals surface area contributed by atoms with Crippen LogP contribution in [0.3, 0.4) is 0 Å². The highest BCUT2D eigenvalue weighted by Crippen LogP contribution is 2.34. The Bertz CT molecular complexity index is 419. The van der Waals surface area contributed by atoms with Crippen molar-refractivity contribution in [2.45, 2.75) is 44.2 Å². The van der Waals surface area contributed by atoms with Crippen molar-refractivity contribution in [2.24, 2.45) is 11.7 Å². The number of ether oxygens (including phenoxy) is 1. The molecule has 1 aliphatic rings. The van der Waals surface area contributed by atoms with Crippen LogP contribution in [0.4, 0.5) is 0 Å². The quantitative estimate of drug-likeness (QED) is 0.883. The SMILES string of the molecule is COC(C1CCCCC1)C(N)c1ccc(Cl)c(Cl)c1. The molecule has 106 valence electrons. The first-order valence-electron chi connectivity index (χ1n) is 6.87. The molecular weight excluding hydrogens is 281 g/mol. The van der Waals surface area contributed by atoms with E-state index in [1.54, 1.807) is 13.2 Å². The van der Waals surface area contributed by atoms with E-state index in [1.165, 1.54) is 32.1 Å². The van der Waals surface area contributed by atoms with E-state index in [1.807, 2.05) is 12.1 Å². The molecule has 0 bridgehead atoms. The Kier molecular flexibility index (Phi) is 5.52. The molecule has 0 aromatic heterocycles. The summed E-state index contributed by atoms with van der Waals surface area (Å²) in [6.45, 7) is 0. The van der Waals surface area contributed by atoms with E-state index in [0.717, 1.165) is 5.56 Å². The maximum absolute atomic E-state index is 6.37. The number of hydrogen-bond acceptors (Lipinski definition) is 2. The summed E-state index contributed by atoms with van der Waals surface area (Å²) in [4.78, 5) is 0. The molecule has 2 nitrogen and oxygen atoms in total. The molecular formula is C15H21Cl2NO. The highest BCUT2D eigenvalue weighted by atomic mass is 35.5. The molecule has 2 atom stereocenters. The van der Waals surface area contributed by atoms with Crippen molar-refractivity contribution in [1.29, 1.82) is 0 Å². The fourth-order valence-corrected chi connectivity index (χ4v) is 3.31. The van der Waals surface area contributed by atoms with E-state index >= 15 is 0 Å². The van der Waals surface area contributed by atoms with E-state index in [-0.39, 0.29) is 12.1 Å². The number of benzene rings is 1. The predicted octanol–water partition coefficient (Wildman–Crippen LogP) is 4.59. The highest BCUT2D eigenvalue weighted by Gasteiger charge is 2.29. The van der Waals surface area contributed by atoms with Crippen LogP contribution in [0.5, 0.6) is 0 Å². The lowest BCUT2D eigenvalue weighted by atomic mass is 9.81. The number of nitrogens with two attached hydrogens (primary N) is 1. The molecule has 0 spiro atoms. The normalized spacial score (nSPS) is 20.2. The maximum atomic E-state index is 6.37. The van der Waals surface area contributed by atoms with Gasteiger partial charge in [-0.15, -0.1) is 0 Å². The monoisotopic (exact) mass is 301 g/mol. The van der Waals surface area contributed by atoms with Gasteiger partial charge in [-0.3, -0.25) is 0 Å². The summed E-state index contributed by atoms with van der Waals surface area (Å²) in [6, 6.07) is 5.44. The molecule has 0 heterocycles. The molecule has 4 heteroatoms. The molecule has 0 radical (unpaired) electrons. The maximum Gasteiger partial charge on any atom is 0.0791 e. The Morgan fingerprint density at radius 1 is 1.16 bits per heavy atom. The second-order valence-corrected chi connectivity index (χ2v) is 6.11. The minimum Gasteiger partial charge on any atom is -0.379 e. The second kappa shape index (κ2) is 6.94. The third-order valence-electron chi connectivity index (χ3n) is 4.07. The summed E-state index contributed by atoms with van der Waals surface area (Å²) < 4.78 is 5.68. The van der Waals surface area contributed by atoms with Gasteiger partial charge >= 0.3 is 0 Å². The van der Waals surface area contributed by atoms with E-state index < -0.39 is 0 Å². The standard InChI is InChI=1S/C15H21Cl2NO/c1-19-15(10-5-3-2-4-6-10)14(18)11-7-8-12(16)13(17)9-11/h7-10,14-15H,2-6,18H2,1H3. The third kappa shape index (κ3) is 3.63. The topological polar surface area (TPSA) is 35.2 Å². The predicted molar refractivity (Wildman–Crippen MR) is 80.8 cm³/mol. The zero-order chi connectivity index (χ0) is 13.8. The first-order chi connectivity index (χ1) is 9.13. The zero-order valence-electron chi connectivity index (χ0n) is 11.2. The van der Waals surface area contributed by atoms with E-state index in [2.05, 4.69) is 0 Å². The van der Waals surface area contributed by atoms with Crippen LogP contribution in [0.25, 0.3) is 0 Å². The lowest BCUT2D eigenvalue weighted by molar-refractivity contribution is 0.0173. The summed E-state index contributed by atoms with van der Waals surface area (Å²) in [5.41, 5.74) is 7.37. The van der Waals surface area contributed by atoms with Crippen molar-refractivity contribution in [3.8, 4) is 0 Å². The molecule has 1 fully saturated rings. The van der Waals surface area contributed by atoms with E-state index in [9.17, 15) is 0 Å². The van der Waals surface area contributed by atoms with Crippen molar-refractivity contribution in [3.05, 3.63) is 33.8 Å². The summed E-state index contributed by atoms with van der Waals surface area (Å²) in [6.07, 6.45) is 6.34. The smallest absolute Gasteiger partial charge is 0.0791 e. The molecule has 2 rings (SSSR count). The van der Waals surface area contributed by atoms with Crippen LogP contribution in [-0.4, -0.2) is 13.2 Å². The fraction of sp³-hybridized carbons (Fsp3) is 0.600. The fourth-order valence-electron chi connectivity index (χ4n) is 3.00. The van der Waals surface area contributed by atoms with Crippen LogP contribution in [0.2, 0.25) is 10.0 Å². The number of rotatable bonds is 4. The third-order valence-corrected chi connectivity index (χ3v) is 4.81. The van der Waals surface area contributed by atoms with Crippen LogP contribution in [0.1, 0.15) is 43.7 Å². The Balaban J connectivity index is 2.14. The molecule has 1 saturated carbocycles. The summed E-state index contributed by atoms with van der Waals surface area (Å²) in [5, 5.41) is 1.11. The van der Waals surface area contributed by atoms with Gasteiger partial charge in [0.25, 0.3) is 0 Å². The van der Waals surface area contributed by atoms with Crippen LogP contribution in [0, 0.1) is 5.92 Å². The van der Waals surface area contributed by atoms with Crippen molar-refractivity contribution >= 4 is 23.2 Å². The van der Waals surface area contributed by atoms with Gasteiger partial charge in [0.15, 0.2) is 0 Å². The Hall–Kier alpha value is -0.280. The van der Waals surface area contributed by atoms with Gasteiger partial charge in [-0.05, 0) is 36.5 Å². The largest absolute Gasteiger partial charge is 0.379 e. The van der Waals surface area contributed by atoms with Gasteiger partial charge in [0.2, 0.25) is 0 Å². The number of methoxy groups -OCH3 is 1. The van der Waals surface area contributed by atoms with Gasteiger partial charge in [0.05, 0.1) is 22.2 Å². The van der Waals surface area contributed by atoms with Crippen LogP contribution >= 0.6 is 23.2 Å². The van der Waals surface area contributed by atoms with Crippen molar-refractivity contribution in [2.75, 3.05) is 7.11 Å². The van der Waals surface area contributed by atoms with Gasteiger partial charge in [0, 0.05) is 7.11 Å². The molecule has 1 aromatic carbocycles. The Morgan fingerprint density at radius 2 is 1.84 bits per heavy atom. The molecule has 19 heavy (non-hydrogen) atoms. The summed E-state index contributed by atoms with van der Waals surface area (Å²) in [5.74, 6) is 0.545. The van der Waals surface area contributed by atoms with E-state index in [4.69, 9.17) is 33.7 Å². The van der Waals surface area contributed by atoms with Gasteiger partial charge in [-0.2, -0.15) is 0 Å². The van der Waals surface area contributed by atoms with Gasteiger partial charge < -0.3 is 10.5 Å². The first kappa shape index (κ1) is 15.1. The van der Waals surface area contributed by atoms with Crippen LogP contribution in [0.15, 0.2) is 18.2 Å². The summed E-state index contributed by atoms with van der Waals surface area (Å²) >= 11 is 12.0. The number of hydrogen-bond donors (Lipinski definition) is 1. The number of halogens is 2. The molecule has 1 aliphatic carbocycles. The lowest BCUT2D eigenvalue weighted by Crippen LogP contribution is -2.35. The van der Waals surface area contributed by atoms with Crippen molar-refractivity contribution in [3.63, 3.8) is 0 Å². The first-order valence-corrected chi connectivity index (χ1v) is 7.62. The van der Waals surface area contributed by atoms with Gasteiger partial charge in [-0.1, -0.05) is 48.5 Å². The highest BCUT2D eigenvalue weighted by molar-refractivity contribution is 6.42. The zero-order valence-corrected chi connectivity index (χ0v) is 12.8. The van der Waals surface area contributed by atoms with Gasteiger partial charge in [-0.25, -0.2) is 0 Å². The minimum absolute atomic E-state index is 0.0533. The molecule has 0 aliphatic heterocycles. The van der Waals surface area contributed by atoms with E-state index in [0.29, 0.717) is 16.0 Å². The minimum atomic E-state index is -0.150. The Labute approximate surface area is 125 Å².